The van der Waals surface area contributed by atoms with E-state index in [1.165, 1.54) is 77.0 Å². The van der Waals surface area contributed by atoms with Gasteiger partial charge in [0.2, 0.25) is 0 Å². The molecule has 28 heavy (non-hydrogen) atoms. The molecule has 0 radical (unpaired) electrons. The van der Waals surface area contributed by atoms with Gasteiger partial charge in [-0.05, 0) is 75.5 Å². The molecule has 0 unspecified atom stereocenters. The molecule has 0 aromatic rings. The highest BCUT2D eigenvalue weighted by Crippen LogP contribution is 2.39. The molecule has 0 fully saturated rings. The highest BCUT2D eigenvalue weighted by atomic mass is 79.9. The van der Waals surface area contributed by atoms with E-state index >= 15 is 0 Å². The summed E-state index contributed by atoms with van der Waals surface area (Å²) in [5, 5.41) is 0. The van der Waals surface area contributed by atoms with Crippen LogP contribution in [0.5, 0.6) is 0 Å². The van der Waals surface area contributed by atoms with Crippen molar-refractivity contribution in [3.8, 4) is 0 Å². The third kappa shape index (κ3) is 30.0. The summed E-state index contributed by atoms with van der Waals surface area (Å²) in [6.45, 7) is 13.9. The molecular formula is C24H56Br2P2. The summed E-state index contributed by atoms with van der Waals surface area (Å²) in [6, 6.07) is 0. The normalized spacial score (nSPS) is 10.3. The van der Waals surface area contributed by atoms with Gasteiger partial charge in [-0.2, -0.15) is 0 Å². The maximum absolute atomic E-state index is 2.31. The van der Waals surface area contributed by atoms with E-state index in [2.05, 4.69) is 41.5 Å². The number of hydrogen-bond acceptors (Lipinski definition) is 0. The molecular weight excluding hydrogens is 510 g/mol. The van der Waals surface area contributed by atoms with E-state index in [1.54, 1.807) is 37.0 Å². The molecule has 176 valence electrons. The Labute approximate surface area is 204 Å². The van der Waals surface area contributed by atoms with Crippen LogP contribution >= 0.6 is 49.8 Å². The van der Waals surface area contributed by atoms with Crippen molar-refractivity contribution >= 4 is 49.8 Å². The van der Waals surface area contributed by atoms with Crippen molar-refractivity contribution in [1.29, 1.82) is 0 Å². The zero-order valence-electron chi connectivity index (χ0n) is 20.4. The van der Waals surface area contributed by atoms with E-state index in [0.29, 0.717) is 15.8 Å². The largest absolute Gasteiger partial charge is 0.114 e. The molecule has 0 aromatic carbocycles. The molecule has 0 N–H and O–H groups in total. The SMILES string of the molecule is Br.Br.CCCCP(CCCC)CCCC.CCCCP(CCCC)CCCC. The lowest BCUT2D eigenvalue weighted by Crippen LogP contribution is -1.95. The minimum absolute atomic E-state index is 0. The first kappa shape index (κ1) is 37.2. The molecule has 0 atom stereocenters. The molecule has 0 aliphatic heterocycles. The van der Waals surface area contributed by atoms with Gasteiger partial charge in [-0.1, -0.05) is 80.1 Å². The minimum Gasteiger partial charge on any atom is -0.114 e. The Bertz CT molecular complexity index is 179. The summed E-state index contributed by atoms with van der Waals surface area (Å²) in [4.78, 5) is 0. The van der Waals surface area contributed by atoms with Gasteiger partial charge < -0.3 is 0 Å². The third-order valence-corrected chi connectivity index (χ3v) is 10.7. The summed E-state index contributed by atoms with van der Waals surface area (Å²) >= 11 is 0. The fourth-order valence-corrected chi connectivity index (χ4v) is 8.88. The summed E-state index contributed by atoms with van der Waals surface area (Å²) < 4.78 is 0. The average Bonchev–Trinajstić information content (AvgIpc) is 2.67. The Morgan fingerprint density at radius 3 is 0.571 bits per heavy atom. The highest BCUT2D eigenvalue weighted by molar-refractivity contribution is 8.93. The Balaban J connectivity index is -0.000000192. The van der Waals surface area contributed by atoms with E-state index in [9.17, 15) is 0 Å². The molecule has 0 aliphatic carbocycles. The van der Waals surface area contributed by atoms with Gasteiger partial charge in [0.1, 0.15) is 0 Å². The lowest BCUT2D eigenvalue weighted by molar-refractivity contribution is 0.847. The second-order valence-corrected chi connectivity index (χ2v) is 13.2. The molecule has 0 spiro atoms. The molecule has 4 heteroatoms. The summed E-state index contributed by atoms with van der Waals surface area (Å²) in [5.74, 6) is 0. The summed E-state index contributed by atoms with van der Waals surface area (Å²) in [6.07, 6.45) is 26.4. The molecule has 0 nitrogen and oxygen atoms in total. The van der Waals surface area contributed by atoms with E-state index in [4.69, 9.17) is 0 Å². The molecule has 0 amide bonds. The van der Waals surface area contributed by atoms with Crippen molar-refractivity contribution in [3.05, 3.63) is 0 Å². The fraction of sp³-hybridized carbons (Fsp3) is 1.00. The van der Waals surface area contributed by atoms with Crippen molar-refractivity contribution in [2.24, 2.45) is 0 Å². The molecule has 0 bridgehead atoms. The summed E-state index contributed by atoms with van der Waals surface area (Å²) in [5.41, 5.74) is 0. The number of unbranched alkanes of at least 4 members (excludes halogenated alkanes) is 6. The first-order valence-corrected chi connectivity index (χ1v) is 15.9. The molecule has 0 saturated carbocycles. The zero-order valence-corrected chi connectivity index (χ0v) is 25.7. The van der Waals surface area contributed by atoms with Crippen LogP contribution in [0.3, 0.4) is 0 Å². The second-order valence-electron chi connectivity index (χ2n) is 7.80. The standard InChI is InChI=1S/2C12H27P.2BrH/c2*1-4-7-10-13(11-8-5-2)12-9-6-3;;/h2*4-12H2,1-3H3;2*1H. The van der Waals surface area contributed by atoms with Crippen LogP contribution in [0.15, 0.2) is 0 Å². The van der Waals surface area contributed by atoms with Crippen LogP contribution in [-0.4, -0.2) is 37.0 Å². The lowest BCUT2D eigenvalue weighted by atomic mass is 10.4. The van der Waals surface area contributed by atoms with Crippen molar-refractivity contribution in [2.75, 3.05) is 37.0 Å². The second kappa shape index (κ2) is 33.5. The maximum Gasteiger partial charge on any atom is -0.0326 e. The maximum atomic E-state index is 2.31. The molecule has 0 rings (SSSR count). The van der Waals surface area contributed by atoms with Crippen LogP contribution in [0.4, 0.5) is 0 Å². The van der Waals surface area contributed by atoms with Crippen molar-refractivity contribution in [1.82, 2.24) is 0 Å². The zero-order chi connectivity index (χ0) is 19.9. The molecule has 0 aliphatic rings. The van der Waals surface area contributed by atoms with Gasteiger partial charge in [0.05, 0.1) is 0 Å². The minimum atomic E-state index is 0. The van der Waals surface area contributed by atoms with E-state index < -0.39 is 0 Å². The summed E-state index contributed by atoms with van der Waals surface area (Å²) in [7, 11) is 0.843. The van der Waals surface area contributed by atoms with Crippen LogP contribution in [-0.2, 0) is 0 Å². The van der Waals surface area contributed by atoms with E-state index in [1.807, 2.05) is 0 Å². The van der Waals surface area contributed by atoms with Gasteiger partial charge in [-0.3, -0.25) is 0 Å². The van der Waals surface area contributed by atoms with Gasteiger partial charge in [0.15, 0.2) is 0 Å². The number of rotatable bonds is 18. The van der Waals surface area contributed by atoms with Gasteiger partial charge in [0.25, 0.3) is 0 Å². The molecule has 0 saturated heterocycles. The van der Waals surface area contributed by atoms with Crippen LogP contribution < -0.4 is 0 Å². The van der Waals surface area contributed by atoms with E-state index in [-0.39, 0.29) is 34.0 Å². The Hall–Kier alpha value is 1.82. The van der Waals surface area contributed by atoms with Gasteiger partial charge >= 0.3 is 0 Å². The predicted molar refractivity (Wildman–Crippen MR) is 153 cm³/mol. The smallest absolute Gasteiger partial charge is 0.0326 e. The van der Waals surface area contributed by atoms with Crippen LogP contribution in [0.1, 0.15) is 119 Å². The third-order valence-electron chi connectivity index (χ3n) is 4.97. The quantitative estimate of drug-likeness (QED) is 0.145. The predicted octanol–water partition coefficient (Wildman–Crippen LogP) is 10.9. The Morgan fingerprint density at radius 1 is 0.321 bits per heavy atom. The number of hydrogen-bond donors (Lipinski definition) is 0. The van der Waals surface area contributed by atoms with Crippen molar-refractivity contribution < 1.29 is 0 Å². The molecule has 0 aromatic heterocycles. The van der Waals surface area contributed by atoms with E-state index in [0.717, 1.165) is 0 Å². The van der Waals surface area contributed by atoms with Gasteiger partial charge in [0, 0.05) is 0 Å². The molecule has 0 heterocycles. The van der Waals surface area contributed by atoms with Crippen molar-refractivity contribution in [2.45, 2.75) is 119 Å². The number of halogens is 2. The monoisotopic (exact) mass is 564 g/mol. The van der Waals surface area contributed by atoms with Gasteiger partial charge in [-0.15, -0.1) is 49.8 Å². The Kier molecular flexibility index (Phi) is 44.4. The topological polar surface area (TPSA) is 0 Å². The van der Waals surface area contributed by atoms with Gasteiger partial charge in [-0.25, -0.2) is 0 Å². The Morgan fingerprint density at radius 2 is 0.464 bits per heavy atom. The van der Waals surface area contributed by atoms with Crippen molar-refractivity contribution in [3.63, 3.8) is 0 Å². The average molecular weight is 566 g/mol. The van der Waals surface area contributed by atoms with Crippen LogP contribution in [0.2, 0.25) is 0 Å². The highest BCUT2D eigenvalue weighted by Gasteiger charge is 2.06. The first-order chi connectivity index (χ1) is 12.7. The van der Waals surface area contributed by atoms with Crippen LogP contribution in [0, 0.1) is 0 Å². The lowest BCUT2D eigenvalue weighted by Gasteiger charge is -2.16. The van der Waals surface area contributed by atoms with Crippen LogP contribution in [0.25, 0.3) is 0 Å². The fourth-order valence-electron chi connectivity index (χ4n) is 2.96. The first-order valence-electron chi connectivity index (χ1n) is 12.1.